The van der Waals surface area contributed by atoms with Crippen molar-refractivity contribution >= 4 is 5.91 Å². The fourth-order valence-electron chi connectivity index (χ4n) is 3.58. The van der Waals surface area contributed by atoms with E-state index >= 15 is 0 Å². The van der Waals surface area contributed by atoms with E-state index in [4.69, 9.17) is 4.74 Å². The Hall–Kier alpha value is -3.25. The van der Waals surface area contributed by atoms with Crippen molar-refractivity contribution in [1.29, 1.82) is 0 Å². The van der Waals surface area contributed by atoms with Crippen LogP contribution in [-0.2, 0) is 13.2 Å². The monoisotopic (exact) mass is 422 g/mol. The van der Waals surface area contributed by atoms with E-state index < -0.39 is 0 Å². The van der Waals surface area contributed by atoms with Gasteiger partial charge in [0.1, 0.15) is 24.0 Å². The Morgan fingerprint density at radius 1 is 0.742 bits per heavy atom. The molecule has 1 heterocycles. The smallest absolute Gasteiger partial charge is 0.253 e. The molecule has 1 aliphatic rings. The summed E-state index contributed by atoms with van der Waals surface area (Å²) in [5, 5.41) is 0. The van der Waals surface area contributed by atoms with Gasteiger partial charge in [-0.15, -0.1) is 0 Å². The highest BCUT2D eigenvalue weighted by Crippen LogP contribution is 2.16. The molecule has 31 heavy (non-hydrogen) atoms. The molecule has 0 aromatic heterocycles. The molecule has 1 amide bonds. The largest absolute Gasteiger partial charge is 0.489 e. The molecule has 0 atom stereocenters. The summed E-state index contributed by atoms with van der Waals surface area (Å²) in [6, 6.07) is 19.8. The molecule has 0 radical (unpaired) electrons. The van der Waals surface area contributed by atoms with E-state index in [9.17, 15) is 13.6 Å². The number of benzene rings is 3. The molecular formula is C25H24F2N2O2. The van der Waals surface area contributed by atoms with Gasteiger partial charge in [-0.1, -0.05) is 24.3 Å². The van der Waals surface area contributed by atoms with Crippen molar-refractivity contribution < 1.29 is 18.3 Å². The minimum atomic E-state index is -0.300. The Bertz CT molecular complexity index is 997. The van der Waals surface area contributed by atoms with Crippen LogP contribution in [0.5, 0.6) is 5.75 Å². The number of hydrogen-bond acceptors (Lipinski definition) is 3. The highest BCUT2D eigenvalue weighted by atomic mass is 19.1. The highest BCUT2D eigenvalue weighted by molar-refractivity contribution is 5.94. The lowest BCUT2D eigenvalue weighted by atomic mass is 10.1. The maximum absolute atomic E-state index is 13.0. The van der Waals surface area contributed by atoms with Crippen molar-refractivity contribution in [3.05, 3.63) is 101 Å². The number of carbonyl (C=O) groups excluding carboxylic acids is 1. The summed E-state index contributed by atoms with van der Waals surface area (Å²) in [5.41, 5.74) is 2.65. The maximum Gasteiger partial charge on any atom is 0.253 e. The lowest BCUT2D eigenvalue weighted by Gasteiger charge is -2.34. The van der Waals surface area contributed by atoms with Crippen LogP contribution in [0.25, 0.3) is 0 Å². The number of halogens is 2. The average molecular weight is 422 g/mol. The molecular weight excluding hydrogens is 398 g/mol. The predicted molar refractivity (Wildman–Crippen MR) is 115 cm³/mol. The number of amides is 1. The lowest BCUT2D eigenvalue weighted by molar-refractivity contribution is 0.0628. The van der Waals surface area contributed by atoms with Gasteiger partial charge in [0, 0.05) is 38.3 Å². The van der Waals surface area contributed by atoms with Gasteiger partial charge >= 0.3 is 0 Å². The van der Waals surface area contributed by atoms with Gasteiger partial charge in [-0.2, -0.15) is 0 Å². The fourth-order valence-corrected chi connectivity index (χ4v) is 3.58. The van der Waals surface area contributed by atoms with Crippen molar-refractivity contribution in [3.63, 3.8) is 0 Å². The van der Waals surface area contributed by atoms with Crippen LogP contribution in [0.2, 0.25) is 0 Å². The van der Waals surface area contributed by atoms with Gasteiger partial charge in [-0.05, 0) is 59.7 Å². The summed E-state index contributed by atoms with van der Waals surface area (Å²) in [5.74, 6) is 0.0891. The van der Waals surface area contributed by atoms with E-state index in [0.29, 0.717) is 31.0 Å². The van der Waals surface area contributed by atoms with Crippen LogP contribution in [0.15, 0.2) is 72.8 Å². The molecule has 0 saturated carbocycles. The molecule has 1 aliphatic heterocycles. The van der Waals surface area contributed by atoms with Crippen LogP contribution in [0, 0.1) is 11.6 Å². The van der Waals surface area contributed by atoms with Crippen LogP contribution in [0.3, 0.4) is 0 Å². The molecule has 0 N–H and O–H groups in total. The standard InChI is InChI=1S/C25H24F2N2O2/c26-22-7-3-19(4-8-22)17-28-13-15-29(16-14-28)25(30)21-5-1-20(2-6-21)18-31-24-11-9-23(27)10-12-24/h1-12H,13-18H2. The van der Waals surface area contributed by atoms with Crippen LogP contribution < -0.4 is 4.74 Å². The SMILES string of the molecule is O=C(c1ccc(COc2ccc(F)cc2)cc1)N1CCN(Cc2ccc(F)cc2)CC1. The van der Waals surface area contributed by atoms with Crippen LogP contribution >= 0.6 is 0 Å². The Morgan fingerprint density at radius 2 is 1.29 bits per heavy atom. The van der Waals surface area contributed by atoms with Crippen LogP contribution in [0.4, 0.5) is 8.78 Å². The van der Waals surface area contributed by atoms with Crippen molar-refractivity contribution in [1.82, 2.24) is 9.80 Å². The van der Waals surface area contributed by atoms with Crippen molar-refractivity contribution in [3.8, 4) is 5.75 Å². The van der Waals surface area contributed by atoms with Gasteiger partial charge in [-0.25, -0.2) is 8.78 Å². The third-order valence-corrected chi connectivity index (χ3v) is 5.40. The Morgan fingerprint density at radius 3 is 1.90 bits per heavy atom. The summed E-state index contributed by atoms with van der Waals surface area (Å²) < 4.78 is 31.6. The minimum Gasteiger partial charge on any atom is -0.489 e. The lowest BCUT2D eigenvalue weighted by Crippen LogP contribution is -2.48. The summed E-state index contributed by atoms with van der Waals surface area (Å²) in [6.07, 6.45) is 0. The third kappa shape index (κ3) is 5.67. The molecule has 0 spiro atoms. The molecule has 1 saturated heterocycles. The third-order valence-electron chi connectivity index (χ3n) is 5.40. The molecule has 1 fully saturated rings. The normalized spacial score (nSPS) is 14.5. The maximum atomic E-state index is 13.0. The first kappa shape index (κ1) is 21.0. The summed E-state index contributed by atoms with van der Waals surface area (Å²) >= 11 is 0. The zero-order chi connectivity index (χ0) is 21.6. The molecule has 160 valence electrons. The van der Waals surface area contributed by atoms with E-state index in [2.05, 4.69) is 4.90 Å². The summed E-state index contributed by atoms with van der Waals surface area (Å²) in [6.45, 7) is 4.00. The second-order valence-electron chi connectivity index (χ2n) is 7.63. The van der Waals surface area contributed by atoms with Crippen LogP contribution in [0.1, 0.15) is 21.5 Å². The quantitative estimate of drug-likeness (QED) is 0.586. The van der Waals surface area contributed by atoms with E-state index in [1.165, 1.54) is 24.3 Å². The van der Waals surface area contributed by atoms with Crippen LogP contribution in [-0.4, -0.2) is 41.9 Å². The molecule has 6 heteroatoms. The first-order chi connectivity index (χ1) is 15.1. The van der Waals surface area contributed by atoms with Gasteiger partial charge in [0.25, 0.3) is 5.91 Å². The van der Waals surface area contributed by atoms with Crippen molar-refractivity contribution in [2.75, 3.05) is 26.2 Å². The average Bonchev–Trinajstić information content (AvgIpc) is 2.81. The Kier molecular flexibility index (Phi) is 6.57. The molecule has 0 aliphatic carbocycles. The fraction of sp³-hybridized carbons (Fsp3) is 0.240. The number of nitrogens with zero attached hydrogens (tertiary/aromatic N) is 2. The minimum absolute atomic E-state index is 0.0208. The Balaban J connectivity index is 1.26. The van der Waals surface area contributed by atoms with Gasteiger partial charge in [0.2, 0.25) is 0 Å². The topological polar surface area (TPSA) is 32.8 Å². The predicted octanol–water partition coefficient (Wildman–Crippen LogP) is 4.50. The molecule has 3 aromatic rings. The van der Waals surface area contributed by atoms with E-state index in [0.717, 1.165) is 30.8 Å². The number of rotatable bonds is 6. The Labute approximate surface area is 180 Å². The van der Waals surface area contributed by atoms with Crippen molar-refractivity contribution in [2.45, 2.75) is 13.2 Å². The molecule has 3 aromatic carbocycles. The molecule has 0 unspecified atom stereocenters. The molecule has 4 rings (SSSR count). The number of ether oxygens (including phenoxy) is 1. The first-order valence-electron chi connectivity index (χ1n) is 10.3. The van der Waals surface area contributed by atoms with Crippen molar-refractivity contribution in [2.24, 2.45) is 0 Å². The van der Waals surface area contributed by atoms with E-state index in [-0.39, 0.29) is 17.5 Å². The zero-order valence-corrected chi connectivity index (χ0v) is 17.1. The van der Waals surface area contributed by atoms with Gasteiger partial charge in [0.15, 0.2) is 0 Å². The van der Waals surface area contributed by atoms with E-state index in [1.807, 2.05) is 29.2 Å². The number of carbonyl (C=O) groups is 1. The van der Waals surface area contributed by atoms with Gasteiger partial charge < -0.3 is 9.64 Å². The number of piperazine rings is 1. The second kappa shape index (κ2) is 9.71. The number of hydrogen-bond donors (Lipinski definition) is 0. The van der Waals surface area contributed by atoms with Gasteiger partial charge in [0.05, 0.1) is 0 Å². The highest BCUT2D eigenvalue weighted by Gasteiger charge is 2.22. The summed E-state index contributed by atoms with van der Waals surface area (Å²) in [7, 11) is 0. The molecule has 0 bridgehead atoms. The van der Waals surface area contributed by atoms with Gasteiger partial charge in [-0.3, -0.25) is 9.69 Å². The second-order valence-corrected chi connectivity index (χ2v) is 7.63. The first-order valence-corrected chi connectivity index (χ1v) is 10.3. The summed E-state index contributed by atoms with van der Waals surface area (Å²) in [4.78, 5) is 17.0. The molecule has 4 nitrogen and oxygen atoms in total. The zero-order valence-electron chi connectivity index (χ0n) is 17.1. The van der Waals surface area contributed by atoms with E-state index in [1.54, 1.807) is 24.3 Å².